The fraction of sp³-hybridized carbons (Fsp3) is 1.00. The molecular weight excluding hydrogens is 344 g/mol. The summed E-state index contributed by atoms with van der Waals surface area (Å²) in [4.78, 5) is 0. The largest absolute Gasteiger partial charge is 0.382 e. The molecule has 1 aliphatic heterocycles. The number of unbranched alkanes of at least 4 members (excludes halogenated alkanes) is 2. The Morgan fingerprint density at radius 1 is 0.800 bits per heavy atom. The first-order valence-corrected chi connectivity index (χ1v) is 10.7. The SMILES string of the molecule is CCCC[S+](CCCC)O[C@H]1O[C@H](COC)[C@@H](OC)[C@H](OC)[C@@H]1OC. The molecule has 1 fully saturated rings. The van der Waals surface area contributed by atoms with Gasteiger partial charge < -0.3 is 23.7 Å². The van der Waals surface area contributed by atoms with Gasteiger partial charge in [-0.2, -0.15) is 0 Å². The first-order chi connectivity index (χ1) is 12.2. The third-order valence-electron chi connectivity index (χ3n) is 4.42. The van der Waals surface area contributed by atoms with Gasteiger partial charge in [0.2, 0.25) is 6.29 Å². The van der Waals surface area contributed by atoms with Gasteiger partial charge in [0, 0.05) is 28.4 Å². The van der Waals surface area contributed by atoms with Crippen molar-refractivity contribution in [2.45, 2.75) is 70.2 Å². The maximum atomic E-state index is 6.39. The highest BCUT2D eigenvalue weighted by Crippen LogP contribution is 2.29. The van der Waals surface area contributed by atoms with Crippen LogP contribution in [-0.2, 0) is 39.0 Å². The van der Waals surface area contributed by atoms with Gasteiger partial charge >= 0.3 is 0 Å². The zero-order valence-electron chi connectivity index (χ0n) is 16.7. The van der Waals surface area contributed by atoms with Crippen molar-refractivity contribution in [1.29, 1.82) is 0 Å². The van der Waals surface area contributed by atoms with Crippen LogP contribution in [0.1, 0.15) is 39.5 Å². The first-order valence-electron chi connectivity index (χ1n) is 9.24. The van der Waals surface area contributed by atoms with Gasteiger partial charge in [-0.25, -0.2) is 0 Å². The second-order valence-electron chi connectivity index (χ2n) is 6.25. The molecule has 5 atom stereocenters. The van der Waals surface area contributed by atoms with E-state index in [0.29, 0.717) is 6.61 Å². The minimum absolute atomic E-state index is 0.135. The summed E-state index contributed by atoms with van der Waals surface area (Å²) in [6.45, 7) is 4.83. The van der Waals surface area contributed by atoms with E-state index in [4.69, 9.17) is 27.9 Å². The molecule has 0 spiro atoms. The van der Waals surface area contributed by atoms with Crippen molar-refractivity contribution in [2.75, 3.05) is 46.6 Å². The van der Waals surface area contributed by atoms with Crippen molar-refractivity contribution in [3.05, 3.63) is 0 Å². The predicted molar refractivity (Wildman–Crippen MR) is 101 cm³/mol. The molecule has 0 amide bonds. The second kappa shape index (κ2) is 13.3. The number of rotatable bonds is 13. The van der Waals surface area contributed by atoms with Crippen LogP contribution in [-0.4, -0.2) is 77.3 Å². The highest BCUT2D eigenvalue weighted by Gasteiger charge is 2.50. The summed E-state index contributed by atoms with van der Waals surface area (Å²) in [7, 11) is 6.64. The fourth-order valence-corrected chi connectivity index (χ4v) is 5.04. The van der Waals surface area contributed by atoms with Gasteiger partial charge in [-0.1, -0.05) is 26.7 Å². The molecule has 0 aromatic heterocycles. The van der Waals surface area contributed by atoms with E-state index in [2.05, 4.69) is 13.8 Å². The van der Waals surface area contributed by atoms with E-state index in [1.54, 1.807) is 28.4 Å². The van der Waals surface area contributed by atoms with Gasteiger partial charge in [-0.3, -0.25) is 0 Å². The lowest BCUT2D eigenvalue weighted by Crippen LogP contribution is -2.61. The fourth-order valence-electron chi connectivity index (χ4n) is 3.00. The summed E-state index contributed by atoms with van der Waals surface area (Å²) in [5, 5.41) is 0. The average Bonchev–Trinajstić information content (AvgIpc) is 2.63. The van der Waals surface area contributed by atoms with Crippen molar-refractivity contribution in [2.24, 2.45) is 0 Å². The Morgan fingerprint density at radius 3 is 1.80 bits per heavy atom. The minimum atomic E-state index is -0.474. The number of ether oxygens (including phenoxy) is 5. The molecule has 0 aromatic carbocycles. The van der Waals surface area contributed by atoms with E-state index in [0.717, 1.165) is 37.2 Å². The Hall–Kier alpha value is 0.110. The summed E-state index contributed by atoms with van der Waals surface area (Å²) >= 11 is -0.135. The quantitative estimate of drug-likeness (QED) is 0.457. The summed E-state index contributed by atoms with van der Waals surface area (Å²) in [5.41, 5.74) is 0. The molecular formula is C18H37O6S+. The molecule has 0 unspecified atom stereocenters. The van der Waals surface area contributed by atoms with Crippen LogP contribution in [0.4, 0.5) is 0 Å². The van der Waals surface area contributed by atoms with E-state index in [1.807, 2.05) is 0 Å². The van der Waals surface area contributed by atoms with Crippen LogP contribution in [0.3, 0.4) is 0 Å². The molecule has 1 rings (SSSR count). The second-order valence-corrected chi connectivity index (χ2v) is 8.14. The third-order valence-corrected chi connectivity index (χ3v) is 6.37. The lowest BCUT2D eigenvalue weighted by molar-refractivity contribution is -0.290. The standard InChI is InChI=1S/C18H37O6S/c1-7-9-11-25(12-10-8-2)24-18-17(22-6)16(21-5)15(20-4)14(23-18)13-19-3/h14-18H,7-13H2,1-6H3/q+1/t14-,15-,16+,17+,18-/m1/s1. The zero-order valence-corrected chi connectivity index (χ0v) is 17.5. The monoisotopic (exact) mass is 381 g/mol. The highest BCUT2D eigenvalue weighted by atomic mass is 32.2. The molecule has 1 saturated heterocycles. The van der Waals surface area contributed by atoms with Crippen molar-refractivity contribution in [1.82, 2.24) is 0 Å². The first kappa shape index (κ1) is 23.1. The Kier molecular flexibility index (Phi) is 12.3. The van der Waals surface area contributed by atoms with Gasteiger partial charge in [0.15, 0.2) is 11.2 Å². The van der Waals surface area contributed by atoms with Gasteiger partial charge in [0.25, 0.3) is 0 Å². The van der Waals surface area contributed by atoms with Crippen molar-refractivity contribution < 1.29 is 27.9 Å². The predicted octanol–water partition coefficient (Wildman–Crippen LogP) is 2.55. The third kappa shape index (κ3) is 6.97. The van der Waals surface area contributed by atoms with E-state index < -0.39 is 6.29 Å². The zero-order chi connectivity index (χ0) is 18.7. The summed E-state index contributed by atoms with van der Waals surface area (Å²) in [6, 6.07) is 0. The van der Waals surface area contributed by atoms with Gasteiger partial charge in [-0.15, -0.1) is 4.18 Å². The Labute approximate surface area is 156 Å². The van der Waals surface area contributed by atoms with Crippen LogP contribution in [0, 0.1) is 0 Å². The Morgan fingerprint density at radius 2 is 1.36 bits per heavy atom. The van der Waals surface area contributed by atoms with E-state index >= 15 is 0 Å². The van der Waals surface area contributed by atoms with Gasteiger partial charge in [-0.05, 0) is 12.8 Å². The lowest BCUT2D eigenvalue weighted by Gasteiger charge is -2.43. The maximum Gasteiger partial charge on any atom is 0.242 e. The molecule has 0 N–H and O–H groups in total. The molecule has 25 heavy (non-hydrogen) atoms. The normalized spacial score (nSPS) is 30.1. The van der Waals surface area contributed by atoms with Crippen LogP contribution in [0.5, 0.6) is 0 Å². The molecule has 7 heteroatoms. The van der Waals surface area contributed by atoms with Crippen LogP contribution >= 0.6 is 0 Å². The van der Waals surface area contributed by atoms with Crippen molar-refractivity contribution >= 4 is 11.2 Å². The molecule has 1 heterocycles. The van der Waals surface area contributed by atoms with Crippen LogP contribution < -0.4 is 0 Å². The number of hydrogen-bond acceptors (Lipinski definition) is 6. The van der Waals surface area contributed by atoms with E-state index in [1.165, 1.54) is 0 Å². The highest BCUT2D eigenvalue weighted by molar-refractivity contribution is 7.92. The lowest BCUT2D eigenvalue weighted by atomic mass is 9.98. The van der Waals surface area contributed by atoms with Gasteiger partial charge in [0.1, 0.15) is 35.9 Å². The Bertz CT molecular complexity index is 325. The van der Waals surface area contributed by atoms with Crippen molar-refractivity contribution in [3.8, 4) is 0 Å². The minimum Gasteiger partial charge on any atom is -0.382 e. The van der Waals surface area contributed by atoms with Crippen molar-refractivity contribution in [3.63, 3.8) is 0 Å². The molecule has 6 nitrogen and oxygen atoms in total. The van der Waals surface area contributed by atoms with E-state index in [9.17, 15) is 0 Å². The summed E-state index contributed by atoms with van der Waals surface area (Å²) in [6.07, 6.45) is 3.06. The Balaban J connectivity index is 2.87. The molecule has 0 radical (unpaired) electrons. The maximum absolute atomic E-state index is 6.39. The molecule has 0 aromatic rings. The summed E-state index contributed by atoms with van der Waals surface area (Å²) in [5.74, 6) is 2.13. The van der Waals surface area contributed by atoms with Crippen LogP contribution in [0.15, 0.2) is 0 Å². The molecule has 0 aliphatic carbocycles. The van der Waals surface area contributed by atoms with Crippen LogP contribution in [0.2, 0.25) is 0 Å². The summed E-state index contributed by atoms with van der Waals surface area (Å²) < 4.78 is 34.9. The molecule has 150 valence electrons. The molecule has 0 bridgehead atoms. The number of methoxy groups -OCH3 is 4. The van der Waals surface area contributed by atoms with Gasteiger partial charge in [0.05, 0.1) is 6.61 Å². The molecule has 0 saturated carbocycles. The van der Waals surface area contributed by atoms with Crippen LogP contribution in [0.25, 0.3) is 0 Å². The smallest absolute Gasteiger partial charge is 0.242 e. The number of hydrogen-bond donors (Lipinski definition) is 0. The topological polar surface area (TPSA) is 55.4 Å². The van der Waals surface area contributed by atoms with E-state index in [-0.39, 0.29) is 35.6 Å². The average molecular weight is 382 g/mol. The molecule has 1 aliphatic rings.